The Kier molecular flexibility index (Phi) is 3.45. The Morgan fingerprint density at radius 1 is 1.42 bits per heavy atom. The highest BCUT2D eigenvalue weighted by atomic mass is 32.1. The summed E-state index contributed by atoms with van der Waals surface area (Å²) in [6, 6.07) is 0. The van der Waals surface area contributed by atoms with Gasteiger partial charge in [-0.2, -0.15) is 5.10 Å². The fraction of sp³-hybridized carbons (Fsp3) is 0.692. The molecule has 19 heavy (non-hydrogen) atoms. The Bertz CT molecular complexity index is 633. The van der Waals surface area contributed by atoms with Crippen molar-refractivity contribution in [1.82, 2.24) is 19.3 Å². The van der Waals surface area contributed by atoms with Crippen LogP contribution in [0.15, 0.2) is 0 Å². The van der Waals surface area contributed by atoms with Crippen LogP contribution in [0.4, 0.5) is 0 Å². The lowest BCUT2D eigenvalue weighted by Crippen LogP contribution is -2.21. The minimum atomic E-state index is 0.652. The predicted molar refractivity (Wildman–Crippen MR) is 76.8 cm³/mol. The van der Waals surface area contributed by atoms with Crippen LogP contribution in [-0.2, 0) is 24.8 Å². The summed E-state index contributed by atoms with van der Waals surface area (Å²) in [5, 5.41) is 4.56. The van der Waals surface area contributed by atoms with E-state index in [9.17, 15) is 0 Å². The largest absolute Gasteiger partial charge is 0.381 e. The standard InChI is InChI=1S/C13H20N4OS/c1-3-10-11-12(16(2)15-10)17(13(19)14-11)8-9-4-6-18-7-5-9/h9H,3-8H2,1-2H3,(H,14,19). The molecule has 0 amide bonds. The molecule has 1 N–H and O–H groups in total. The molecule has 5 nitrogen and oxygen atoms in total. The average Bonchev–Trinajstić information content (AvgIpc) is 2.90. The van der Waals surface area contributed by atoms with E-state index >= 15 is 0 Å². The monoisotopic (exact) mass is 280 g/mol. The highest BCUT2D eigenvalue weighted by molar-refractivity contribution is 7.71. The van der Waals surface area contributed by atoms with Crippen molar-refractivity contribution in [3.63, 3.8) is 0 Å². The Balaban J connectivity index is 2.00. The summed E-state index contributed by atoms with van der Waals surface area (Å²) in [6.07, 6.45) is 3.16. The molecule has 2 aromatic rings. The van der Waals surface area contributed by atoms with Crippen LogP contribution < -0.4 is 0 Å². The van der Waals surface area contributed by atoms with Crippen LogP contribution in [0.1, 0.15) is 25.5 Å². The molecule has 1 aliphatic heterocycles. The van der Waals surface area contributed by atoms with E-state index in [4.69, 9.17) is 17.0 Å². The number of hydrogen-bond donors (Lipinski definition) is 1. The lowest BCUT2D eigenvalue weighted by Gasteiger charge is -2.22. The van der Waals surface area contributed by atoms with Crippen molar-refractivity contribution in [3.05, 3.63) is 10.5 Å². The van der Waals surface area contributed by atoms with Gasteiger partial charge in [0.1, 0.15) is 5.52 Å². The molecule has 104 valence electrons. The van der Waals surface area contributed by atoms with Crippen LogP contribution in [0, 0.1) is 10.7 Å². The Morgan fingerprint density at radius 2 is 2.16 bits per heavy atom. The molecule has 1 saturated heterocycles. The van der Waals surface area contributed by atoms with Crippen molar-refractivity contribution in [2.24, 2.45) is 13.0 Å². The lowest BCUT2D eigenvalue weighted by molar-refractivity contribution is 0.0614. The second-order valence-electron chi connectivity index (χ2n) is 5.22. The summed E-state index contributed by atoms with van der Waals surface area (Å²) in [6.45, 7) is 4.83. The number of aromatic amines is 1. The molecule has 3 rings (SSSR count). The summed E-state index contributed by atoms with van der Waals surface area (Å²) in [7, 11) is 1.99. The van der Waals surface area contributed by atoms with E-state index in [1.54, 1.807) is 0 Å². The number of hydrogen-bond acceptors (Lipinski definition) is 3. The Labute approximate surface area is 117 Å². The van der Waals surface area contributed by atoms with Gasteiger partial charge in [-0.1, -0.05) is 6.92 Å². The van der Waals surface area contributed by atoms with Crippen LogP contribution in [0.3, 0.4) is 0 Å². The predicted octanol–water partition coefficient (Wildman–Crippen LogP) is 2.42. The first-order valence-corrected chi connectivity index (χ1v) is 7.33. The van der Waals surface area contributed by atoms with Gasteiger partial charge in [-0.25, -0.2) is 0 Å². The van der Waals surface area contributed by atoms with E-state index in [0.29, 0.717) is 5.92 Å². The van der Waals surface area contributed by atoms with Crippen LogP contribution in [0.25, 0.3) is 11.2 Å². The third-order valence-corrected chi connectivity index (χ3v) is 4.26. The Hall–Kier alpha value is -1.14. The van der Waals surface area contributed by atoms with Crippen molar-refractivity contribution >= 4 is 23.4 Å². The molecule has 6 heteroatoms. The van der Waals surface area contributed by atoms with Crippen LogP contribution in [-0.4, -0.2) is 32.5 Å². The van der Waals surface area contributed by atoms with Gasteiger partial charge >= 0.3 is 0 Å². The number of nitrogens with zero attached hydrogens (tertiary/aromatic N) is 3. The van der Waals surface area contributed by atoms with Gasteiger partial charge in [0.05, 0.1) is 5.69 Å². The minimum Gasteiger partial charge on any atom is -0.381 e. The van der Waals surface area contributed by atoms with Crippen molar-refractivity contribution < 1.29 is 4.74 Å². The number of imidazole rings is 1. The Morgan fingerprint density at radius 3 is 2.84 bits per heavy atom. The zero-order valence-corrected chi connectivity index (χ0v) is 12.3. The lowest BCUT2D eigenvalue weighted by atomic mass is 10.0. The molecule has 0 spiro atoms. The fourth-order valence-corrected chi connectivity index (χ4v) is 3.14. The molecule has 1 fully saturated rings. The molecular formula is C13H20N4OS. The zero-order chi connectivity index (χ0) is 13.4. The fourth-order valence-electron chi connectivity index (χ4n) is 2.88. The van der Waals surface area contributed by atoms with Gasteiger partial charge in [0.15, 0.2) is 10.4 Å². The summed E-state index contributed by atoms with van der Waals surface area (Å²) in [5.41, 5.74) is 3.31. The molecule has 0 aromatic carbocycles. The average molecular weight is 280 g/mol. The maximum absolute atomic E-state index is 5.48. The first kappa shape index (κ1) is 12.9. The topological polar surface area (TPSA) is 47.8 Å². The molecule has 0 aliphatic carbocycles. The van der Waals surface area contributed by atoms with Crippen molar-refractivity contribution in [3.8, 4) is 0 Å². The summed E-state index contributed by atoms with van der Waals surface area (Å²) >= 11 is 5.48. The van der Waals surface area contributed by atoms with Crippen LogP contribution >= 0.6 is 12.2 Å². The van der Waals surface area contributed by atoms with E-state index in [1.807, 2.05) is 11.7 Å². The number of H-pyrrole nitrogens is 1. The maximum Gasteiger partial charge on any atom is 0.179 e. The highest BCUT2D eigenvalue weighted by Crippen LogP contribution is 2.22. The number of aryl methyl sites for hydroxylation is 2. The van der Waals surface area contributed by atoms with Gasteiger partial charge in [0.2, 0.25) is 0 Å². The highest BCUT2D eigenvalue weighted by Gasteiger charge is 2.19. The second-order valence-corrected chi connectivity index (χ2v) is 5.61. The minimum absolute atomic E-state index is 0.652. The summed E-state index contributed by atoms with van der Waals surface area (Å²) in [5.74, 6) is 0.652. The molecule has 0 radical (unpaired) electrons. The van der Waals surface area contributed by atoms with E-state index in [1.165, 1.54) is 0 Å². The van der Waals surface area contributed by atoms with Crippen LogP contribution in [0.5, 0.6) is 0 Å². The first-order valence-electron chi connectivity index (χ1n) is 6.92. The number of ether oxygens (including phenoxy) is 1. The normalized spacial score (nSPS) is 17.4. The maximum atomic E-state index is 5.48. The van der Waals surface area contributed by atoms with Crippen molar-refractivity contribution in [2.45, 2.75) is 32.7 Å². The van der Waals surface area contributed by atoms with Gasteiger partial charge in [-0.15, -0.1) is 0 Å². The smallest absolute Gasteiger partial charge is 0.179 e. The van der Waals surface area contributed by atoms with E-state index in [-0.39, 0.29) is 0 Å². The second kappa shape index (κ2) is 5.09. The first-order chi connectivity index (χ1) is 9.20. The molecule has 1 aliphatic rings. The molecule has 3 heterocycles. The quantitative estimate of drug-likeness (QED) is 0.878. The molecule has 0 unspecified atom stereocenters. The molecule has 0 atom stereocenters. The molecular weight excluding hydrogens is 260 g/mol. The van der Waals surface area contributed by atoms with Gasteiger partial charge in [0.25, 0.3) is 0 Å². The number of nitrogens with one attached hydrogen (secondary N) is 1. The van der Waals surface area contributed by atoms with Gasteiger partial charge in [-0.05, 0) is 37.4 Å². The number of aromatic nitrogens is 4. The van der Waals surface area contributed by atoms with Gasteiger partial charge in [-0.3, -0.25) is 4.68 Å². The molecule has 0 saturated carbocycles. The van der Waals surface area contributed by atoms with Gasteiger partial charge in [0, 0.05) is 26.8 Å². The van der Waals surface area contributed by atoms with E-state index in [0.717, 1.165) is 60.6 Å². The zero-order valence-electron chi connectivity index (χ0n) is 11.5. The van der Waals surface area contributed by atoms with Gasteiger partial charge < -0.3 is 14.3 Å². The number of rotatable bonds is 3. The third kappa shape index (κ3) is 2.23. The van der Waals surface area contributed by atoms with Crippen LogP contribution in [0.2, 0.25) is 0 Å². The number of fused-ring (bicyclic) bond motifs is 1. The molecule has 2 aromatic heterocycles. The SMILES string of the molecule is CCc1nn(C)c2c1[nH]c(=S)n2CC1CCOCC1. The third-order valence-electron chi connectivity index (χ3n) is 3.94. The summed E-state index contributed by atoms with van der Waals surface area (Å²) < 4.78 is 10.4. The van der Waals surface area contributed by atoms with E-state index < -0.39 is 0 Å². The summed E-state index contributed by atoms with van der Waals surface area (Å²) in [4.78, 5) is 3.32. The van der Waals surface area contributed by atoms with Crippen molar-refractivity contribution in [1.29, 1.82) is 0 Å². The van der Waals surface area contributed by atoms with E-state index in [2.05, 4.69) is 21.6 Å². The van der Waals surface area contributed by atoms with Crippen molar-refractivity contribution in [2.75, 3.05) is 13.2 Å². The molecule has 0 bridgehead atoms.